The van der Waals surface area contributed by atoms with Crippen molar-refractivity contribution in [1.29, 1.82) is 0 Å². The first kappa shape index (κ1) is 12.7. The predicted octanol–water partition coefficient (Wildman–Crippen LogP) is 1.71. The Labute approximate surface area is 105 Å². The number of hydrogen-bond donors (Lipinski definition) is 1. The summed E-state index contributed by atoms with van der Waals surface area (Å²) >= 11 is 0. The lowest BCUT2D eigenvalue weighted by Crippen LogP contribution is -2.23. The summed E-state index contributed by atoms with van der Waals surface area (Å²) in [6.45, 7) is 0.337. The molecule has 1 heterocycles. The highest BCUT2D eigenvalue weighted by molar-refractivity contribution is 5.72. The monoisotopic (exact) mass is 252 g/mol. The molecule has 0 spiro atoms. The fourth-order valence-electron chi connectivity index (χ4n) is 1.93. The number of carbonyl (C=O) groups is 1. The van der Waals surface area contributed by atoms with E-state index in [-0.39, 0.29) is 6.10 Å². The molecule has 18 heavy (non-hydrogen) atoms. The first-order valence-corrected chi connectivity index (χ1v) is 5.85. The summed E-state index contributed by atoms with van der Waals surface area (Å²) in [5, 5.41) is 8.81. The summed E-state index contributed by atoms with van der Waals surface area (Å²) < 4.78 is 16.1. The number of hydrogen-bond acceptors (Lipinski definition) is 4. The molecule has 2 rings (SSSR count). The van der Waals surface area contributed by atoms with Gasteiger partial charge in [0.15, 0.2) is 17.6 Å². The SMILES string of the molecule is COc1ccccc1OCC1CCC(C(=O)O)O1. The Morgan fingerprint density at radius 3 is 2.72 bits per heavy atom. The van der Waals surface area contributed by atoms with Crippen molar-refractivity contribution in [3.05, 3.63) is 24.3 Å². The van der Waals surface area contributed by atoms with Gasteiger partial charge in [0.25, 0.3) is 0 Å². The Morgan fingerprint density at radius 2 is 2.11 bits per heavy atom. The van der Waals surface area contributed by atoms with Crippen molar-refractivity contribution >= 4 is 5.97 Å². The van der Waals surface area contributed by atoms with E-state index in [1.54, 1.807) is 7.11 Å². The zero-order valence-electron chi connectivity index (χ0n) is 10.2. The van der Waals surface area contributed by atoms with Crippen LogP contribution in [-0.2, 0) is 9.53 Å². The van der Waals surface area contributed by atoms with Crippen LogP contribution in [0.5, 0.6) is 11.5 Å². The number of para-hydroxylation sites is 2. The van der Waals surface area contributed by atoms with E-state index >= 15 is 0 Å². The van der Waals surface area contributed by atoms with Crippen LogP contribution in [0, 0.1) is 0 Å². The molecule has 2 unspecified atom stereocenters. The molecule has 5 heteroatoms. The maximum Gasteiger partial charge on any atom is 0.332 e. The highest BCUT2D eigenvalue weighted by Crippen LogP contribution is 2.27. The summed E-state index contributed by atoms with van der Waals surface area (Å²) in [6, 6.07) is 7.33. The molecule has 0 aliphatic carbocycles. The van der Waals surface area contributed by atoms with Crippen LogP contribution in [0.15, 0.2) is 24.3 Å². The lowest BCUT2D eigenvalue weighted by Gasteiger charge is -2.14. The van der Waals surface area contributed by atoms with Crippen LogP contribution < -0.4 is 9.47 Å². The van der Waals surface area contributed by atoms with Gasteiger partial charge in [0.1, 0.15) is 6.61 Å². The topological polar surface area (TPSA) is 65.0 Å². The normalized spacial score (nSPS) is 22.7. The fraction of sp³-hybridized carbons (Fsp3) is 0.462. The van der Waals surface area contributed by atoms with E-state index in [0.717, 1.165) is 0 Å². The number of benzene rings is 1. The van der Waals surface area contributed by atoms with Gasteiger partial charge in [0, 0.05) is 0 Å². The number of aliphatic carboxylic acids is 1. The Bertz CT molecular complexity index is 418. The lowest BCUT2D eigenvalue weighted by molar-refractivity contribution is -0.149. The molecule has 0 amide bonds. The maximum absolute atomic E-state index is 10.7. The second kappa shape index (κ2) is 5.73. The summed E-state index contributed by atoms with van der Waals surface area (Å²) in [6.07, 6.45) is 0.369. The molecule has 0 aromatic heterocycles. The molecule has 1 aromatic carbocycles. The quantitative estimate of drug-likeness (QED) is 0.864. The summed E-state index contributed by atoms with van der Waals surface area (Å²) in [5.74, 6) is 0.391. The third-order valence-corrected chi connectivity index (χ3v) is 2.88. The van der Waals surface area contributed by atoms with Crippen molar-refractivity contribution < 1.29 is 24.1 Å². The van der Waals surface area contributed by atoms with Gasteiger partial charge in [-0.25, -0.2) is 4.79 Å². The number of methoxy groups -OCH3 is 1. The van der Waals surface area contributed by atoms with Crippen LogP contribution in [0.4, 0.5) is 0 Å². The van der Waals surface area contributed by atoms with Gasteiger partial charge in [0.05, 0.1) is 13.2 Å². The molecule has 2 atom stereocenters. The molecule has 0 radical (unpaired) electrons. The number of rotatable bonds is 5. The second-order valence-electron chi connectivity index (χ2n) is 4.12. The molecular weight excluding hydrogens is 236 g/mol. The molecule has 1 aliphatic heterocycles. The minimum Gasteiger partial charge on any atom is -0.493 e. The highest BCUT2D eigenvalue weighted by Gasteiger charge is 2.30. The Hall–Kier alpha value is -1.75. The van der Waals surface area contributed by atoms with Crippen LogP contribution in [0.25, 0.3) is 0 Å². The van der Waals surface area contributed by atoms with Gasteiger partial charge in [-0.05, 0) is 25.0 Å². The van der Waals surface area contributed by atoms with E-state index in [1.807, 2.05) is 24.3 Å². The van der Waals surface area contributed by atoms with Crippen LogP contribution >= 0.6 is 0 Å². The summed E-state index contributed by atoms with van der Waals surface area (Å²) in [4.78, 5) is 10.7. The first-order chi connectivity index (χ1) is 8.70. The second-order valence-corrected chi connectivity index (χ2v) is 4.12. The van der Waals surface area contributed by atoms with Crippen LogP contribution in [0.1, 0.15) is 12.8 Å². The van der Waals surface area contributed by atoms with Crippen molar-refractivity contribution in [2.75, 3.05) is 13.7 Å². The Morgan fingerprint density at radius 1 is 1.39 bits per heavy atom. The third-order valence-electron chi connectivity index (χ3n) is 2.88. The van der Waals surface area contributed by atoms with Crippen molar-refractivity contribution in [2.45, 2.75) is 25.0 Å². The van der Waals surface area contributed by atoms with Gasteiger partial charge in [-0.15, -0.1) is 0 Å². The van der Waals surface area contributed by atoms with Crippen LogP contribution in [0.2, 0.25) is 0 Å². The fourth-order valence-corrected chi connectivity index (χ4v) is 1.93. The van der Waals surface area contributed by atoms with E-state index in [4.69, 9.17) is 19.3 Å². The largest absolute Gasteiger partial charge is 0.493 e. The molecule has 1 N–H and O–H groups in total. The van der Waals surface area contributed by atoms with E-state index in [1.165, 1.54) is 0 Å². The molecule has 1 aliphatic rings. The van der Waals surface area contributed by atoms with Crippen LogP contribution in [-0.4, -0.2) is 37.0 Å². The third kappa shape index (κ3) is 2.92. The zero-order chi connectivity index (χ0) is 13.0. The molecule has 1 aromatic rings. The smallest absolute Gasteiger partial charge is 0.332 e. The maximum atomic E-state index is 10.7. The Balaban J connectivity index is 1.87. The van der Waals surface area contributed by atoms with Gasteiger partial charge >= 0.3 is 5.97 Å². The van der Waals surface area contributed by atoms with E-state index < -0.39 is 12.1 Å². The molecule has 98 valence electrons. The van der Waals surface area contributed by atoms with E-state index in [9.17, 15) is 4.79 Å². The number of ether oxygens (including phenoxy) is 3. The van der Waals surface area contributed by atoms with Gasteiger partial charge < -0.3 is 19.3 Å². The summed E-state index contributed by atoms with van der Waals surface area (Å²) in [5.41, 5.74) is 0. The minimum absolute atomic E-state index is 0.170. The average molecular weight is 252 g/mol. The van der Waals surface area contributed by atoms with E-state index in [2.05, 4.69) is 0 Å². The van der Waals surface area contributed by atoms with Crippen molar-refractivity contribution in [3.8, 4) is 11.5 Å². The van der Waals surface area contributed by atoms with Gasteiger partial charge in [-0.1, -0.05) is 12.1 Å². The standard InChI is InChI=1S/C13H16O5/c1-16-10-4-2-3-5-11(10)17-8-9-6-7-12(18-9)13(14)15/h2-5,9,12H,6-8H2,1H3,(H,14,15). The molecule has 0 bridgehead atoms. The predicted molar refractivity (Wildman–Crippen MR) is 64.0 cm³/mol. The van der Waals surface area contributed by atoms with Crippen molar-refractivity contribution in [3.63, 3.8) is 0 Å². The average Bonchev–Trinajstić information content (AvgIpc) is 2.85. The summed E-state index contributed by atoms with van der Waals surface area (Å²) in [7, 11) is 1.58. The highest BCUT2D eigenvalue weighted by atomic mass is 16.6. The van der Waals surface area contributed by atoms with Gasteiger partial charge in [-0.2, -0.15) is 0 Å². The molecule has 5 nitrogen and oxygen atoms in total. The van der Waals surface area contributed by atoms with Crippen molar-refractivity contribution in [1.82, 2.24) is 0 Å². The minimum atomic E-state index is -0.908. The molecular formula is C13H16O5. The zero-order valence-corrected chi connectivity index (χ0v) is 10.2. The van der Waals surface area contributed by atoms with Crippen LogP contribution in [0.3, 0.4) is 0 Å². The lowest BCUT2D eigenvalue weighted by atomic mass is 10.2. The van der Waals surface area contributed by atoms with E-state index in [0.29, 0.717) is 30.9 Å². The van der Waals surface area contributed by atoms with Gasteiger partial charge in [-0.3, -0.25) is 0 Å². The molecule has 1 fully saturated rings. The Kier molecular flexibility index (Phi) is 4.04. The number of carboxylic acid groups (broad SMARTS) is 1. The molecule has 0 saturated carbocycles. The first-order valence-electron chi connectivity index (χ1n) is 5.85. The molecule has 1 saturated heterocycles. The van der Waals surface area contributed by atoms with Crippen molar-refractivity contribution in [2.24, 2.45) is 0 Å². The van der Waals surface area contributed by atoms with Gasteiger partial charge in [0.2, 0.25) is 0 Å². The number of carboxylic acids is 1.